The number of carbonyl (C=O) groups is 1. The molecule has 3 N–H and O–H groups in total. The van der Waals surface area contributed by atoms with Crippen LogP contribution in [0, 0.1) is 6.92 Å². The lowest BCUT2D eigenvalue weighted by atomic mass is 10.1. The predicted octanol–water partition coefficient (Wildman–Crippen LogP) is 3.24. The normalized spacial score (nSPS) is 10.2. The number of pyridine rings is 1. The van der Waals surface area contributed by atoms with E-state index >= 15 is 0 Å². The molecule has 23 heavy (non-hydrogen) atoms. The van der Waals surface area contributed by atoms with E-state index in [2.05, 4.69) is 22.5 Å². The highest BCUT2D eigenvalue weighted by atomic mass is 32.1. The molecule has 2 aromatic heterocycles. The number of aromatic amines is 1. The lowest BCUT2D eigenvalue weighted by Gasteiger charge is -2.08. The van der Waals surface area contributed by atoms with Crippen LogP contribution in [0.25, 0.3) is 21.0 Å². The second kappa shape index (κ2) is 7.78. The Hall–Kier alpha value is -2.34. The van der Waals surface area contributed by atoms with Gasteiger partial charge in [0, 0.05) is 45.0 Å². The van der Waals surface area contributed by atoms with Crippen LogP contribution in [0.2, 0.25) is 0 Å². The summed E-state index contributed by atoms with van der Waals surface area (Å²) in [6.07, 6.45) is 0.695. The monoisotopic (exact) mass is 331 g/mol. The van der Waals surface area contributed by atoms with Crippen molar-refractivity contribution in [2.45, 2.75) is 20.8 Å². The number of carbonyl (C=O) groups excluding carboxylic acids is 1. The van der Waals surface area contributed by atoms with Gasteiger partial charge >= 0.3 is 0 Å². The van der Waals surface area contributed by atoms with Gasteiger partial charge in [0.1, 0.15) is 0 Å². The number of rotatable bonds is 5. The van der Waals surface area contributed by atoms with Gasteiger partial charge < -0.3 is 15.6 Å². The van der Waals surface area contributed by atoms with Crippen LogP contribution < -0.4 is 16.2 Å². The first-order valence-corrected chi connectivity index (χ1v) is 8.48. The van der Waals surface area contributed by atoms with Crippen molar-refractivity contribution in [2.24, 2.45) is 0 Å². The first kappa shape index (κ1) is 17.0. The minimum atomic E-state index is -0.0986. The fourth-order valence-electron chi connectivity index (χ4n) is 2.48. The Morgan fingerprint density at radius 2 is 1.96 bits per heavy atom. The maximum atomic E-state index is 11.4. The third-order valence-corrected chi connectivity index (χ3v) is 4.46. The number of hydrogen-bond acceptors (Lipinski definition) is 4. The molecule has 0 saturated carbocycles. The molecule has 0 aliphatic heterocycles. The Kier molecular flexibility index (Phi) is 5.76. The number of anilines is 1. The zero-order chi connectivity index (χ0) is 16.8. The van der Waals surface area contributed by atoms with E-state index in [-0.39, 0.29) is 5.56 Å². The molecule has 2 heterocycles. The van der Waals surface area contributed by atoms with E-state index in [1.54, 1.807) is 17.4 Å². The molecule has 0 radical (unpaired) electrons. The first-order chi connectivity index (χ1) is 11.2. The van der Waals surface area contributed by atoms with E-state index in [4.69, 9.17) is 0 Å². The van der Waals surface area contributed by atoms with Gasteiger partial charge in [0.05, 0.1) is 5.69 Å². The number of fused-ring (bicyclic) bond motifs is 3. The van der Waals surface area contributed by atoms with Crippen LogP contribution in [0.1, 0.15) is 18.7 Å². The van der Waals surface area contributed by atoms with Gasteiger partial charge in [-0.25, -0.2) is 0 Å². The Bertz CT molecular complexity index is 867. The minimum absolute atomic E-state index is 0.0986. The number of H-pyrrole nitrogens is 1. The summed E-state index contributed by atoms with van der Waals surface area (Å²) in [5, 5.41) is 8.16. The van der Waals surface area contributed by atoms with Crippen molar-refractivity contribution >= 4 is 44.4 Å². The zero-order valence-corrected chi connectivity index (χ0v) is 14.3. The molecule has 3 rings (SSSR count). The number of amides is 1. The average Bonchev–Trinajstić information content (AvgIpc) is 2.89. The van der Waals surface area contributed by atoms with Crippen molar-refractivity contribution in [3.8, 4) is 0 Å². The van der Waals surface area contributed by atoms with Gasteiger partial charge in [-0.2, -0.15) is 0 Å². The van der Waals surface area contributed by atoms with E-state index in [1.807, 2.05) is 32.0 Å². The van der Waals surface area contributed by atoms with Crippen molar-refractivity contribution in [3.63, 3.8) is 0 Å². The lowest BCUT2D eigenvalue weighted by molar-refractivity contribution is -0.109. The van der Waals surface area contributed by atoms with E-state index in [1.165, 1.54) is 9.58 Å². The Morgan fingerprint density at radius 1 is 1.17 bits per heavy atom. The molecule has 1 amide bonds. The van der Waals surface area contributed by atoms with Gasteiger partial charge in [-0.3, -0.25) is 9.59 Å². The summed E-state index contributed by atoms with van der Waals surface area (Å²) >= 11 is 1.72. The molecule has 1 aromatic carbocycles. The quantitative estimate of drug-likeness (QED) is 0.496. The molecule has 0 fully saturated rings. The molecule has 0 aliphatic rings. The summed E-state index contributed by atoms with van der Waals surface area (Å²) in [5.41, 5.74) is 1.81. The summed E-state index contributed by atoms with van der Waals surface area (Å²) < 4.78 is 1.18. The molecule has 6 heteroatoms. The lowest BCUT2D eigenvalue weighted by Crippen LogP contribution is -2.20. The van der Waals surface area contributed by atoms with Crippen LogP contribution in [0.15, 0.2) is 29.1 Å². The maximum absolute atomic E-state index is 11.4. The highest BCUT2D eigenvalue weighted by Gasteiger charge is 2.12. The number of aromatic nitrogens is 1. The van der Waals surface area contributed by atoms with Gasteiger partial charge in [0.25, 0.3) is 0 Å². The molecule has 3 aromatic rings. The fourth-order valence-corrected chi connectivity index (χ4v) is 3.54. The fraction of sp³-hybridized carbons (Fsp3) is 0.294. The molecule has 0 spiro atoms. The Balaban J connectivity index is 0.000000924. The van der Waals surface area contributed by atoms with E-state index in [0.29, 0.717) is 19.5 Å². The van der Waals surface area contributed by atoms with Crippen molar-refractivity contribution in [1.82, 2.24) is 10.3 Å². The van der Waals surface area contributed by atoms with Crippen LogP contribution in [0.3, 0.4) is 0 Å². The molecule has 0 saturated heterocycles. The summed E-state index contributed by atoms with van der Waals surface area (Å²) in [7, 11) is 0. The number of benzene rings is 1. The zero-order valence-electron chi connectivity index (χ0n) is 13.5. The van der Waals surface area contributed by atoms with Gasteiger partial charge in [-0.05, 0) is 25.1 Å². The summed E-state index contributed by atoms with van der Waals surface area (Å²) in [5.74, 6) is 0. The molecule has 5 nitrogen and oxygen atoms in total. The smallest absolute Gasteiger partial charge is 0.248 e. The maximum Gasteiger partial charge on any atom is 0.248 e. The Labute approximate surface area is 138 Å². The summed E-state index contributed by atoms with van der Waals surface area (Å²) in [4.78, 5) is 25.8. The topological polar surface area (TPSA) is 74.0 Å². The second-order valence-corrected chi connectivity index (χ2v) is 6.01. The van der Waals surface area contributed by atoms with Gasteiger partial charge in [0.2, 0.25) is 12.0 Å². The first-order valence-electron chi connectivity index (χ1n) is 7.67. The number of hydrogen-bond donors (Lipinski definition) is 3. The van der Waals surface area contributed by atoms with Crippen LogP contribution in [-0.4, -0.2) is 24.5 Å². The molecular formula is C17H21N3O2S. The molecule has 0 unspecified atom stereocenters. The highest BCUT2D eigenvalue weighted by Crippen LogP contribution is 2.38. The molecule has 0 bridgehead atoms. The largest absolute Gasteiger partial charge is 0.382 e. The summed E-state index contributed by atoms with van der Waals surface area (Å²) in [6.45, 7) is 7.30. The van der Waals surface area contributed by atoms with Crippen LogP contribution in [-0.2, 0) is 4.79 Å². The van der Waals surface area contributed by atoms with E-state index in [9.17, 15) is 9.59 Å². The predicted molar refractivity (Wildman–Crippen MR) is 98.6 cm³/mol. The number of aryl methyl sites for hydroxylation is 1. The molecule has 122 valence electrons. The van der Waals surface area contributed by atoms with Crippen molar-refractivity contribution in [3.05, 3.63) is 39.5 Å². The Morgan fingerprint density at radius 3 is 2.70 bits per heavy atom. The molecule has 0 aliphatic carbocycles. The highest BCUT2D eigenvalue weighted by molar-refractivity contribution is 7.19. The third-order valence-electron chi connectivity index (χ3n) is 3.39. The average molecular weight is 331 g/mol. The van der Waals surface area contributed by atoms with Gasteiger partial charge in [-0.15, -0.1) is 11.3 Å². The summed E-state index contributed by atoms with van der Waals surface area (Å²) in [6, 6.07) is 7.37. The standard InChI is InChI=1S/C15H15N3O2S.C2H6/c1-9-15(17-7-6-16-8-19)14-10-2-5-13(20)18-11(10)3-4-12(14)21-9;1-2/h2-5,8,17H,6-7H2,1H3,(H,16,19)(H,18,20);1-2H3. The van der Waals surface area contributed by atoms with Gasteiger partial charge in [0.15, 0.2) is 0 Å². The van der Waals surface area contributed by atoms with E-state index in [0.717, 1.165) is 22.0 Å². The van der Waals surface area contributed by atoms with Crippen LogP contribution in [0.5, 0.6) is 0 Å². The minimum Gasteiger partial charge on any atom is -0.382 e. The molecular weight excluding hydrogens is 310 g/mol. The third kappa shape index (κ3) is 3.53. The second-order valence-electron chi connectivity index (χ2n) is 4.75. The van der Waals surface area contributed by atoms with Crippen LogP contribution >= 0.6 is 11.3 Å². The van der Waals surface area contributed by atoms with Crippen molar-refractivity contribution in [2.75, 3.05) is 18.4 Å². The van der Waals surface area contributed by atoms with Crippen molar-refractivity contribution < 1.29 is 4.79 Å². The van der Waals surface area contributed by atoms with E-state index < -0.39 is 0 Å². The van der Waals surface area contributed by atoms with Crippen molar-refractivity contribution in [1.29, 1.82) is 0 Å². The number of nitrogens with one attached hydrogen (secondary N) is 3. The van der Waals surface area contributed by atoms with Gasteiger partial charge in [-0.1, -0.05) is 13.8 Å². The number of thiophene rings is 1. The van der Waals surface area contributed by atoms with Crippen LogP contribution in [0.4, 0.5) is 5.69 Å². The molecule has 0 atom stereocenters. The SMILES string of the molecule is CC.Cc1sc2ccc3[nH]c(=O)ccc3c2c1NCCNC=O.